The Balaban J connectivity index is 1.82. The van der Waals surface area contributed by atoms with Crippen molar-refractivity contribution in [3.8, 4) is 0 Å². The third kappa shape index (κ3) is 3.07. The quantitative estimate of drug-likeness (QED) is 0.731. The molecule has 1 aromatic heterocycles. The van der Waals surface area contributed by atoms with E-state index in [0.717, 1.165) is 37.3 Å². The van der Waals surface area contributed by atoms with E-state index in [2.05, 4.69) is 15.3 Å². The van der Waals surface area contributed by atoms with Crippen molar-refractivity contribution in [3.63, 3.8) is 0 Å². The molecule has 0 bridgehead atoms. The first-order valence-electron chi connectivity index (χ1n) is 6.56. The fraction of sp³-hybridized carbons (Fsp3) is 0.769. The molecule has 0 spiro atoms. The average molecular weight is 237 g/mol. The van der Waals surface area contributed by atoms with Crippen LogP contribution in [0, 0.1) is 12.3 Å². The molecule has 0 amide bonds. The topological polar surface area (TPSA) is 60.9 Å². The van der Waals surface area contributed by atoms with Crippen LogP contribution in [0.25, 0.3) is 0 Å². The molecule has 0 atom stereocenters. The van der Waals surface area contributed by atoms with Crippen LogP contribution in [-0.4, -0.2) is 28.2 Å². The van der Waals surface area contributed by atoms with Gasteiger partial charge < -0.3 is 15.4 Å². The SMILES string of the molecule is Cc1[nH]cnc1CNCC1(CO)CCCCC1. The Hall–Kier alpha value is -0.870. The first-order valence-corrected chi connectivity index (χ1v) is 6.56. The molecule has 3 N–H and O–H groups in total. The lowest BCUT2D eigenvalue weighted by atomic mass is 9.74. The van der Waals surface area contributed by atoms with Crippen molar-refractivity contribution in [3.05, 3.63) is 17.7 Å². The second-order valence-electron chi connectivity index (χ2n) is 5.30. The molecule has 96 valence electrons. The molecule has 1 heterocycles. The number of hydrogen-bond donors (Lipinski definition) is 3. The van der Waals surface area contributed by atoms with E-state index in [4.69, 9.17) is 0 Å². The molecular weight excluding hydrogens is 214 g/mol. The smallest absolute Gasteiger partial charge is 0.0925 e. The number of H-pyrrole nitrogens is 1. The van der Waals surface area contributed by atoms with Crippen molar-refractivity contribution in [1.29, 1.82) is 0 Å². The Bertz CT molecular complexity index is 342. The molecule has 1 aliphatic carbocycles. The van der Waals surface area contributed by atoms with E-state index in [1.165, 1.54) is 19.3 Å². The fourth-order valence-corrected chi connectivity index (χ4v) is 2.70. The Labute approximate surface area is 103 Å². The summed E-state index contributed by atoms with van der Waals surface area (Å²) in [7, 11) is 0. The van der Waals surface area contributed by atoms with Gasteiger partial charge in [-0.15, -0.1) is 0 Å². The van der Waals surface area contributed by atoms with E-state index in [0.29, 0.717) is 6.61 Å². The fourth-order valence-electron chi connectivity index (χ4n) is 2.70. The van der Waals surface area contributed by atoms with Crippen molar-refractivity contribution in [2.24, 2.45) is 5.41 Å². The third-order valence-corrected chi connectivity index (χ3v) is 3.98. The van der Waals surface area contributed by atoms with Gasteiger partial charge in [-0.1, -0.05) is 19.3 Å². The zero-order valence-electron chi connectivity index (χ0n) is 10.6. The summed E-state index contributed by atoms with van der Waals surface area (Å²) in [5.41, 5.74) is 2.32. The maximum absolute atomic E-state index is 9.59. The minimum Gasteiger partial charge on any atom is -0.396 e. The number of aromatic nitrogens is 2. The number of aliphatic hydroxyl groups is 1. The number of rotatable bonds is 5. The highest BCUT2D eigenvalue weighted by atomic mass is 16.3. The molecule has 4 nitrogen and oxygen atoms in total. The Morgan fingerprint density at radius 3 is 2.76 bits per heavy atom. The highest BCUT2D eigenvalue weighted by molar-refractivity contribution is 5.08. The Kier molecular flexibility index (Phi) is 4.18. The summed E-state index contributed by atoms with van der Waals surface area (Å²) < 4.78 is 0. The van der Waals surface area contributed by atoms with Gasteiger partial charge in [0, 0.05) is 30.8 Å². The van der Waals surface area contributed by atoms with Crippen LogP contribution in [0.3, 0.4) is 0 Å². The van der Waals surface area contributed by atoms with Crippen LogP contribution in [0.15, 0.2) is 6.33 Å². The van der Waals surface area contributed by atoms with Crippen LogP contribution in [0.2, 0.25) is 0 Å². The Morgan fingerprint density at radius 1 is 1.41 bits per heavy atom. The predicted molar refractivity (Wildman–Crippen MR) is 67.6 cm³/mol. The molecule has 2 rings (SSSR count). The Morgan fingerprint density at radius 2 is 2.18 bits per heavy atom. The zero-order valence-corrected chi connectivity index (χ0v) is 10.6. The van der Waals surface area contributed by atoms with Crippen LogP contribution >= 0.6 is 0 Å². The summed E-state index contributed by atoms with van der Waals surface area (Å²) >= 11 is 0. The summed E-state index contributed by atoms with van der Waals surface area (Å²) in [5, 5.41) is 13.0. The second-order valence-corrected chi connectivity index (χ2v) is 5.30. The third-order valence-electron chi connectivity index (χ3n) is 3.98. The minimum absolute atomic E-state index is 0.114. The lowest BCUT2D eigenvalue weighted by molar-refractivity contribution is 0.0810. The standard InChI is InChI=1S/C13H23N3O/c1-11-12(16-10-15-11)7-14-8-13(9-17)5-3-2-4-6-13/h10,14,17H,2-9H2,1H3,(H,15,16). The van der Waals surface area contributed by atoms with Crippen LogP contribution in [0.4, 0.5) is 0 Å². The lowest BCUT2D eigenvalue weighted by Gasteiger charge is -2.35. The largest absolute Gasteiger partial charge is 0.396 e. The molecular formula is C13H23N3O. The normalized spacial score (nSPS) is 19.4. The van der Waals surface area contributed by atoms with Crippen molar-refractivity contribution in [2.75, 3.05) is 13.2 Å². The van der Waals surface area contributed by atoms with Gasteiger partial charge in [0.25, 0.3) is 0 Å². The van der Waals surface area contributed by atoms with E-state index in [9.17, 15) is 5.11 Å². The number of nitrogens with zero attached hydrogens (tertiary/aromatic N) is 1. The lowest BCUT2D eigenvalue weighted by Crippen LogP contribution is -2.38. The molecule has 0 saturated heterocycles. The molecule has 0 unspecified atom stereocenters. The molecule has 1 aliphatic rings. The first kappa shape index (κ1) is 12.6. The number of aliphatic hydroxyl groups excluding tert-OH is 1. The first-order chi connectivity index (χ1) is 8.26. The maximum atomic E-state index is 9.59. The predicted octanol–water partition coefficient (Wildman–Crippen LogP) is 1.75. The van der Waals surface area contributed by atoms with Gasteiger partial charge in [-0.2, -0.15) is 0 Å². The average Bonchev–Trinajstić information content (AvgIpc) is 2.76. The van der Waals surface area contributed by atoms with Gasteiger partial charge in [0.15, 0.2) is 0 Å². The van der Waals surface area contributed by atoms with Crippen molar-refractivity contribution in [1.82, 2.24) is 15.3 Å². The monoisotopic (exact) mass is 237 g/mol. The number of aromatic amines is 1. The van der Waals surface area contributed by atoms with Gasteiger partial charge in [0.05, 0.1) is 12.0 Å². The van der Waals surface area contributed by atoms with Crippen LogP contribution < -0.4 is 5.32 Å². The van der Waals surface area contributed by atoms with E-state index in [1.807, 2.05) is 6.92 Å². The molecule has 0 aliphatic heterocycles. The summed E-state index contributed by atoms with van der Waals surface area (Å²) in [6.07, 6.45) is 7.86. The van der Waals surface area contributed by atoms with Gasteiger partial charge in [0.2, 0.25) is 0 Å². The summed E-state index contributed by atoms with van der Waals surface area (Å²) in [6, 6.07) is 0. The molecule has 1 aromatic rings. The van der Waals surface area contributed by atoms with Crippen molar-refractivity contribution in [2.45, 2.75) is 45.6 Å². The second kappa shape index (κ2) is 5.65. The van der Waals surface area contributed by atoms with Gasteiger partial charge in [-0.25, -0.2) is 4.98 Å². The van der Waals surface area contributed by atoms with E-state index in [-0.39, 0.29) is 5.41 Å². The molecule has 1 fully saturated rings. The van der Waals surface area contributed by atoms with Crippen molar-refractivity contribution >= 4 is 0 Å². The summed E-state index contributed by atoms with van der Waals surface area (Å²) in [5.74, 6) is 0. The number of aryl methyl sites for hydroxylation is 1. The molecule has 1 saturated carbocycles. The minimum atomic E-state index is 0.114. The molecule has 0 radical (unpaired) electrons. The van der Waals surface area contributed by atoms with E-state index in [1.54, 1.807) is 6.33 Å². The molecule has 0 aromatic carbocycles. The number of nitrogens with one attached hydrogen (secondary N) is 2. The van der Waals surface area contributed by atoms with E-state index < -0.39 is 0 Å². The van der Waals surface area contributed by atoms with Crippen LogP contribution in [0.5, 0.6) is 0 Å². The summed E-state index contributed by atoms with van der Waals surface area (Å²) in [4.78, 5) is 7.35. The highest BCUT2D eigenvalue weighted by Gasteiger charge is 2.30. The van der Waals surface area contributed by atoms with E-state index >= 15 is 0 Å². The van der Waals surface area contributed by atoms with Gasteiger partial charge in [-0.05, 0) is 19.8 Å². The zero-order chi connectivity index (χ0) is 12.1. The maximum Gasteiger partial charge on any atom is 0.0925 e. The number of hydrogen-bond acceptors (Lipinski definition) is 3. The number of imidazole rings is 1. The van der Waals surface area contributed by atoms with Crippen LogP contribution in [-0.2, 0) is 6.54 Å². The van der Waals surface area contributed by atoms with Gasteiger partial charge >= 0.3 is 0 Å². The van der Waals surface area contributed by atoms with Crippen LogP contribution in [0.1, 0.15) is 43.5 Å². The summed E-state index contributed by atoms with van der Waals surface area (Å²) in [6.45, 7) is 4.03. The highest BCUT2D eigenvalue weighted by Crippen LogP contribution is 2.35. The van der Waals surface area contributed by atoms with Gasteiger partial charge in [0.1, 0.15) is 0 Å². The molecule has 17 heavy (non-hydrogen) atoms. The van der Waals surface area contributed by atoms with Gasteiger partial charge in [-0.3, -0.25) is 0 Å². The molecule has 4 heteroatoms. The van der Waals surface area contributed by atoms with Crippen molar-refractivity contribution < 1.29 is 5.11 Å².